The number of ketones is 1. The van der Waals surface area contributed by atoms with Crippen molar-refractivity contribution in [2.24, 2.45) is 10.8 Å². The number of cyclic esters (lactones) is 1. The van der Waals surface area contributed by atoms with Crippen LogP contribution in [0.3, 0.4) is 0 Å². The summed E-state index contributed by atoms with van der Waals surface area (Å²) in [6.07, 6.45) is 2.51. The summed E-state index contributed by atoms with van der Waals surface area (Å²) >= 11 is 0. The highest BCUT2D eigenvalue weighted by Gasteiger charge is 2.54. The zero-order chi connectivity index (χ0) is 17.4. The van der Waals surface area contributed by atoms with Crippen LogP contribution < -0.4 is 0 Å². The zero-order valence-electron chi connectivity index (χ0n) is 13.5. The molecule has 1 fully saturated rings. The molecule has 0 amide bonds. The summed E-state index contributed by atoms with van der Waals surface area (Å²) in [6, 6.07) is 6.09. The van der Waals surface area contributed by atoms with Gasteiger partial charge < -0.3 is 4.74 Å². The molecule has 0 radical (unpaired) electrons. The maximum atomic E-state index is 12.5. The number of hydrogen-bond donors (Lipinski definition) is 0. The summed E-state index contributed by atoms with van der Waals surface area (Å²) in [7, 11) is 0. The summed E-state index contributed by atoms with van der Waals surface area (Å²) in [5, 5.41) is 10.8. The molecule has 0 saturated carbocycles. The van der Waals surface area contributed by atoms with Crippen molar-refractivity contribution < 1.29 is 19.2 Å². The van der Waals surface area contributed by atoms with Crippen LogP contribution in [0.4, 0.5) is 5.69 Å². The van der Waals surface area contributed by atoms with Crippen LogP contribution >= 0.6 is 0 Å². The lowest BCUT2D eigenvalue weighted by atomic mass is 9.68. The smallest absolute Gasteiger partial charge is 0.319 e. The van der Waals surface area contributed by atoms with E-state index in [0.717, 1.165) is 0 Å². The van der Waals surface area contributed by atoms with Gasteiger partial charge in [0, 0.05) is 12.1 Å². The van der Waals surface area contributed by atoms with E-state index in [0.29, 0.717) is 5.56 Å². The van der Waals surface area contributed by atoms with Gasteiger partial charge in [-0.15, -0.1) is 0 Å². The highest BCUT2D eigenvalue weighted by atomic mass is 16.6. The zero-order valence-corrected chi connectivity index (χ0v) is 13.5. The average molecular weight is 317 g/mol. The lowest BCUT2D eigenvalue weighted by Crippen LogP contribution is -2.55. The maximum absolute atomic E-state index is 12.5. The van der Waals surface area contributed by atoms with Crippen molar-refractivity contribution in [2.45, 2.75) is 33.8 Å². The standard InChI is InChI=1S/C17H19NO5/c1-16(2)13(23-15(20)17(3,4)14(16)19)9-8-11-6-5-7-12(10-11)18(21)22/h5-10,13H,1-4H3/b9-8+/t13-/m1/s1. The summed E-state index contributed by atoms with van der Waals surface area (Å²) < 4.78 is 5.41. The van der Waals surface area contributed by atoms with Crippen LogP contribution in [0.1, 0.15) is 33.3 Å². The normalized spacial score (nSPS) is 22.9. The molecule has 1 aliphatic heterocycles. The Morgan fingerprint density at radius 1 is 1.22 bits per heavy atom. The third-order valence-electron chi connectivity index (χ3n) is 4.15. The number of non-ortho nitro benzene ring substituents is 1. The Hall–Kier alpha value is -2.50. The van der Waals surface area contributed by atoms with Gasteiger partial charge in [0.2, 0.25) is 0 Å². The topological polar surface area (TPSA) is 86.5 Å². The minimum atomic E-state index is -1.17. The second-order valence-electron chi connectivity index (χ2n) is 6.71. The Bertz CT molecular complexity index is 703. The van der Waals surface area contributed by atoms with E-state index < -0.39 is 27.8 Å². The van der Waals surface area contributed by atoms with Crippen LogP contribution in [0.2, 0.25) is 0 Å². The molecule has 23 heavy (non-hydrogen) atoms. The molecule has 0 bridgehead atoms. The number of hydrogen-bond acceptors (Lipinski definition) is 5. The SMILES string of the molecule is CC1(C)C(=O)O[C@H](/C=C/c2cccc([N+](=O)[O-])c2)C(C)(C)C1=O. The van der Waals surface area contributed by atoms with Gasteiger partial charge in [0.25, 0.3) is 5.69 Å². The number of esters is 1. The van der Waals surface area contributed by atoms with Crippen LogP contribution in [-0.2, 0) is 14.3 Å². The third kappa shape index (κ3) is 3.02. The Kier molecular flexibility index (Phi) is 4.11. The summed E-state index contributed by atoms with van der Waals surface area (Å²) in [4.78, 5) is 34.8. The van der Waals surface area contributed by atoms with Crippen LogP contribution in [-0.4, -0.2) is 22.8 Å². The molecule has 1 aromatic rings. The first-order chi connectivity index (χ1) is 10.6. The van der Waals surface area contributed by atoms with Gasteiger partial charge in [-0.1, -0.05) is 18.2 Å². The molecule has 1 heterocycles. The number of nitrogens with zero attached hydrogens (tertiary/aromatic N) is 1. The Morgan fingerprint density at radius 2 is 1.87 bits per heavy atom. The Balaban J connectivity index is 2.29. The largest absolute Gasteiger partial charge is 0.456 e. The molecule has 1 atom stereocenters. The van der Waals surface area contributed by atoms with Crippen LogP contribution in [0, 0.1) is 20.9 Å². The van der Waals surface area contributed by atoms with Crippen molar-refractivity contribution in [2.75, 3.05) is 0 Å². The number of carbonyl (C=O) groups is 2. The first-order valence-electron chi connectivity index (χ1n) is 7.25. The van der Waals surface area contributed by atoms with E-state index >= 15 is 0 Å². The van der Waals surface area contributed by atoms with Crippen molar-refractivity contribution in [1.82, 2.24) is 0 Å². The summed E-state index contributed by atoms with van der Waals surface area (Å²) in [5.41, 5.74) is -1.46. The van der Waals surface area contributed by atoms with E-state index in [2.05, 4.69) is 0 Å². The predicted molar refractivity (Wildman–Crippen MR) is 84.6 cm³/mol. The van der Waals surface area contributed by atoms with Gasteiger partial charge in [0.1, 0.15) is 11.5 Å². The number of ether oxygens (including phenoxy) is 1. The lowest BCUT2D eigenvalue weighted by Gasteiger charge is -2.41. The Morgan fingerprint density at radius 3 is 2.48 bits per heavy atom. The highest BCUT2D eigenvalue weighted by molar-refractivity contribution is 6.07. The van der Waals surface area contributed by atoms with Crippen LogP contribution in [0.25, 0.3) is 6.08 Å². The van der Waals surface area contributed by atoms with Gasteiger partial charge >= 0.3 is 5.97 Å². The number of nitro groups is 1. The molecule has 0 spiro atoms. The molecule has 6 nitrogen and oxygen atoms in total. The molecule has 1 saturated heterocycles. The minimum absolute atomic E-state index is 0.0238. The van der Waals surface area contributed by atoms with Gasteiger partial charge in [0.05, 0.1) is 10.3 Å². The summed E-state index contributed by atoms with van der Waals surface area (Å²) in [6.45, 7) is 6.57. The average Bonchev–Trinajstić information content (AvgIpc) is 2.49. The van der Waals surface area contributed by atoms with Gasteiger partial charge in [-0.2, -0.15) is 0 Å². The molecule has 0 N–H and O–H groups in total. The maximum Gasteiger partial charge on any atom is 0.319 e. The minimum Gasteiger partial charge on any atom is -0.456 e. The molecule has 122 valence electrons. The van der Waals surface area contributed by atoms with Crippen molar-refractivity contribution in [3.63, 3.8) is 0 Å². The van der Waals surface area contributed by atoms with Crippen LogP contribution in [0.5, 0.6) is 0 Å². The van der Waals surface area contributed by atoms with E-state index in [1.807, 2.05) is 0 Å². The van der Waals surface area contributed by atoms with E-state index in [9.17, 15) is 19.7 Å². The van der Waals surface area contributed by atoms with Gasteiger partial charge in [0.15, 0.2) is 5.78 Å². The number of carbonyl (C=O) groups excluding carboxylic acids is 2. The first kappa shape index (κ1) is 16.9. The lowest BCUT2D eigenvalue weighted by molar-refractivity contribution is -0.384. The molecule has 2 rings (SSSR count). The monoisotopic (exact) mass is 317 g/mol. The molecule has 0 aliphatic carbocycles. The fraction of sp³-hybridized carbons (Fsp3) is 0.412. The van der Waals surface area contributed by atoms with Crippen molar-refractivity contribution in [1.29, 1.82) is 0 Å². The van der Waals surface area contributed by atoms with Crippen molar-refractivity contribution in [3.8, 4) is 0 Å². The molecular formula is C17H19NO5. The molecule has 1 aromatic carbocycles. The number of nitro benzene ring substituents is 1. The highest BCUT2D eigenvalue weighted by Crippen LogP contribution is 2.40. The van der Waals surface area contributed by atoms with Crippen molar-refractivity contribution in [3.05, 3.63) is 46.0 Å². The summed E-state index contributed by atoms with van der Waals surface area (Å²) in [5.74, 6) is -0.745. The fourth-order valence-electron chi connectivity index (χ4n) is 2.66. The predicted octanol–water partition coefficient (Wildman–Crippen LogP) is 3.15. The van der Waals surface area contributed by atoms with E-state index in [1.54, 1.807) is 52.0 Å². The fourth-order valence-corrected chi connectivity index (χ4v) is 2.66. The van der Waals surface area contributed by atoms with Crippen molar-refractivity contribution >= 4 is 23.5 Å². The third-order valence-corrected chi connectivity index (χ3v) is 4.15. The molecule has 0 unspecified atom stereocenters. The molecular weight excluding hydrogens is 298 g/mol. The Labute approximate surface area is 134 Å². The van der Waals surface area contributed by atoms with Gasteiger partial charge in [-0.05, 0) is 39.3 Å². The quantitative estimate of drug-likeness (QED) is 0.370. The second kappa shape index (κ2) is 5.61. The second-order valence-corrected chi connectivity index (χ2v) is 6.71. The molecule has 1 aliphatic rings. The van der Waals surface area contributed by atoms with Gasteiger partial charge in [-0.3, -0.25) is 19.7 Å². The van der Waals surface area contributed by atoms with Gasteiger partial charge in [-0.25, -0.2) is 0 Å². The molecule has 0 aromatic heterocycles. The van der Waals surface area contributed by atoms with E-state index in [4.69, 9.17) is 4.74 Å². The van der Waals surface area contributed by atoms with E-state index in [-0.39, 0.29) is 11.5 Å². The number of Topliss-reactive ketones (excluding diaryl/α,β-unsaturated/α-hetero) is 1. The molecule has 6 heteroatoms. The van der Waals surface area contributed by atoms with Crippen LogP contribution in [0.15, 0.2) is 30.3 Å². The first-order valence-corrected chi connectivity index (χ1v) is 7.25. The van der Waals surface area contributed by atoms with E-state index in [1.165, 1.54) is 12.1 Å². The number of benzene rings is 1. The number of rotatable bonds is 3.